The summed E-state index contributed by atoms with van der Waals surface area (Å²) in [7, 11) is 8.81. The number of hydrogen-bond acceptors (Lipinski definition) is 25. The molecular weight excluding hydrogens is 1480 g/mol. The van der Waals surface area contributed by atoms with E-state index in [2.05, 4.69) is 21.5 Å². The number of hydrogen-bond donors (Lipinski definition) is 4. The SMILES string of the molecule is C=CCCCCC[C@@H](C(=O)N1C[C@H](Oc2cc(-c3ccccc3)nc3cc(OC)ccc23)C[C@H]1C(=O)OC)N1CCCCC1.COC(=O)[C@@H]1C[C@@H](Oc2cc(-c3ccccc3)nc3cc(OC)ccc23)CN1.COC(=O)[C@@H]1C[C@@H](Oc2cc(-c3ccccc3)nc3cc(OC)ccc23)CN1B(C)O.COC(=O)[C@@H]1C[C@H](O)CN1B(C)O. The number of benzene rings is 6. The lowest BCUT2D eigenvalue weighted by Crippen LogP contribution is -2.53. The largest absolute Gasteiger partial charge is 0.497 e. The second-order valence-corrected chi connectivity index (χ2v) is 29.4. The van der Waals surface area contributed by atoms with Gasteiger partial charge in [0.05, 0.1) is 102 Å². The Bertz CT molecular complexity index is 4780. The molecule has 5 saturated heterocycles. The monoisotopic (exact) mass is 1580 g/mol. The summed E-state index contributed by atoms with van der Waals surface area (Å²) in [5.74, 6) is 2.80. The van der Waals surface area contributed by atoms with Gasteiger partial charge in [-0.3, -0.25) is 24.1 Å². The van der Waals surface area contributed by atoms with Crippen LogP contribution in [0.3, 0.4) is 0 Å². The summed E-state index contributed by atoms with van der Waals surface area (Å²) in [6, 6.07) is 50.4. The Kier molecular flexibility index (Phi) is 31.0. The van der Waals surface area contributed by atoms with Gasteiger partial charge in [-0.1, -0.05) is 116 Å². The van der Waals surface area contributed by atoms with Crippen LogP contribution < -0.4 is 33.7 Å². The van der Waals surface area contributed by atoms with Crippen molar-refractivity contribution >= 4 is 76.6 Å². The number of ether oxygens (including phenoxy) is 10. The van der Waals surface area contributed by atoms with Crippen molar-refractivity contribution in [3.63, 3.8) is 0 Å². The van der Waals surface area contributed by atoms with Gasteiger partial charge in [0.15, 0.2) is 0 Å². The first kappa shape index (κ1) is 86.2. The van der Waals surface area contributed by atoms with Crippen LogP contribution in [0.4, 0.5) is 0 Å². The Hall–Kier alpha value is -10.7. The topological polar surface area (TPSA) is 302 Å². The molecule has 1 amide bonds. The van der Waals surface area contributed by atoms with Gasteiger partial charge < -0.3 is 82.4 Å². The number of fused-ring (bicyclic) bond motifs is 3. The molecule has 6 aromatic carbocycles. The third-order valence-corrected chi connectivity index (χ3v) is 21.6. The maximum atomic E-state index is 14.3. The molecule has 0 spiro atoms. The Morgan fingerprint density at radius 1 is 0.491 bits per heavy atom. The molecule has 0 radical (unpaired) electrons. The number of unbranched alkanes of at least 4 members (excludes halogenated alkanes) is 3. The van der Waals surface area contributed by atoms with E-state index < -0.39 is 50.3 Å². The van der Waals surface area contributed by atoms with Crippen LogP contribution in [0.1, 0.15) is 77.0 Å². The Morgan fingerprint density at radius 3 is 1.34 bits per heavy atom. The van der Waals surface area contributed by atoms with Gasteiger partial charge in [0.25, 0.3) is 0 Å². The van der Waals surface area contributed by atoms with Crippen LogP contribution in [0.15, 0.2) is 176 Å². The molecular formula is C88H106B2N8O18. The highest BCUT2D eigenvalue weighted by Crippen LogP contribution is 2.39. The third-order valence-electron chi connectivity index (χ3n) is 21.6. The number of carbonyl (C=O) groups excluding carboxylic acids is 5. The zero-order valence-electron chi connectivity index (χ0n) is 67.5. The summed E-state index contributed by atoms with van der Waals surface area (Å²) in [6.45, 7) is 10.5. The van der Waals surface area contributed by atoms with Gasteiger partial charge in [-0.25, -0.2) is 19.7 Å². The predicted octanol–water partition coefficient (Wildman–Crippen LogP) is 11.3. The number of β-amino-alcohol motifs (C(OH)–C–C–N with tert-alkyl or cyclic N) is 1. The number of likely N-dealkylation sites (tertiary alicyclic amines) is 2. The maximum absolute atomic E-state index is 14.3. The highest BCUT2D eigenvalue weighted by atomic mass is 16.5. The number of nitrogens with zero attached hydrogens (tertiary/aromatic N) is 7. The van der Waals surface area contributed by atoms with Crippen LogP contribution in [0.5, 0.6) is 34.5 Å². The van der Waals surface area contributed by atoms with Gasteiger partial charge in [0.2, 0.25) is 5.91 Å². The number of nitrogens with one attached hydrogen (secondary N) is 1. The van der Waals surface area contributed by atoms with Crippen molar-refractivity contribution in [2.45, 2.75) is 145 Å². The van der Waals surface area contributed by atoms with E-state index in [9.17, 15) is 39.1 Å². The number of aliphatic hydroxyl groups excluding tert-OH is 1. The van der Waals surface area contributed by atoms with E-state index in [0.29, 0.717) is 74.9 Å². The molecule has 3 aromatic heterocycles. The zero-order valence-corrected chi connectivity index (χ0v) is 67.5. The fraction of sp³-hybridized carbons (Fsp3) is 0.409. The molecule has 0 bridgehead atoms. The normalized spacial score (nSPS) is 20.2. The van der Waals surface area contributed by atoms with E-state index in [1.54, 1.807) is 44.7 Å². The number of aromatic nitrogens is 3. The van der Waals surface area contributed by atoms with Gasteiger partial charge in [0.1, 0.15) is 77.0 Å². The number of allylic oxidation sites excluding steroid dienone is 1. The summed E-state index contributed by atoms with van der Waals surface area (Å²) in [5, 5.41) is 34.5. The van der Waals surface area contributed by atoms with Crippen molar-refractivity contribution in [1.29, 1.82) is 0 Å². The van der Waals surface area contributed by atoms with Crippen LogP contribution in [0.25, 0.3) is 66.5 Å². The van der Waals surface area contributed by atoms with Gasteiger partial charge >= 0.3 is 38.0 Å². The highest BCUT2D eigenvalue weighted by Gasteiger charge is 2.46. The van der Waals surface area contributed by atoms with Crippen molar-refractivity contribution in [3.8, 4) is 68.3 Å². The molecule has 116 heavy (non-hydrogen) atoms. The number of rotatable bonds is 26. The number of esters is 4. The molecule has 28 heteroatoms. The molecule has 4 N–H and O–H groups in total. The fourth-order valence-electron chi connectivity index (χ4n) is 15.6. The van der Waals surface area contributed by atoms with Crippen LogP contribution in [-0.2, 0) is 42.9 Å². The number of piperidine rings is 1. The van der Waals surface area contributed by atoms with Gasteiger partial charge in [0, 0.05) is 108 Å². The fourth-order valence-corrected chi connectivity index (χ4v) is 15.6. The molecule has 9 aromatic rings. The minimum atomic E-state index is -0.781. The van der Waals surface area contributed by atoms with Crippen LogP contribution in [0, 0.1) is 0 Å². The summed E-state index contributed by atoms with van der Waals surface area (Å²) in [5.41, 5.74) is 7.64. The van der Waals surface area contributed by atoms with Crippen molar-refractivity contribution in [2.24, 2.45) is 0 Å². The van der Waals surface area contributed by atoms with Crippen molar-refractivity contribution < 1.29 is 86.5 Å². The average Bonchev–Trinajstić information content (AvgIpc) is 1.33. The molecule has 14 rings (SSSR count). The molecule has 26 nitrogen and oxygen atoms in total. The molecule has 0 unspecified atom stereocenters. The minimum Gasteiger partial charge on any atom is -0.497 e. The van der Waals surface area contributed by atoms with Gasteiger partial charge in [-0.2, -0.15) is 0 Å². The third kappa shape index (κ3) is 21.9. The molecule has 8 heterocycles. The predicted molar refractivity (Wildman–Crippen MR) is 445 cm³/mol. The maximum Gasteiger partial charge on any atom is 0.377 e. The standard InChI is InChI=1S/C36H45N3O5.C23H25BN2O5.C22H22N2O4.C7H14BNO4/c1-4-5-6-7-12-17-32(38-20-13-9-14-21-38)35(40)39-25-28(23-33(39)36(41)43-3)44-34-24-30(26-15-10-8-11-16-26)37-31-22-27(42-2)18-19-29(31)34;1-24(28)26-14-17(12-21(26)23(27)30-3)31-22-13-19(15-7-5-4-6-8-15)25-20-11-16(29-2)9-10-18(20)22;1-26-15-8-9-17-19(10-15)24-18(14-6-4-3-5-7-14)12-21(17)28-16-11-20(23-13-16)22(25)27-2;1-8(12)9-4-5(10)3-6(9)7(11)13-2/h4,8,10-11,15-16,18-19,22,24,28,32-33H,1,5-7,9,12-14,17,20-21,23,25H2,2-3H3;4-11,13,17,21,28H,12,14H2,1-3H3;3-10,12,16,20,23H,11,13H2,1-2H3;5-6,10,12H,3-4H2,1-2H3/t28-,32+,33+;17-,21+;16-,20+;5-,6-/m1110/s1. The number of methoxy groups -OCH3 is 7. The van der Waals surface area contributed by atoms with E-state index in [1.807, 2.05) is 170 Å². The summed E-state index contributed by atoms with van der Waals surface area (Å²) in [4.78, 5) is 84.3. The van der Waals surface area contributed by atoms with E-state index >= 15 is 0 Å². The highest BCUT2D eigenvalue weighted by molar-refractivity contribution is 6.46. The Balaban J connectivity index is 0.000000162. The van der Waals surface area contributed by atoms with Crippen molar-refractivity contribution in [2.75, 3.05) is 89.0 Å². The van der Waals surface area contributed by atoms with Gasteiger partial charge in [-0.05, 0) is 102 Å². The number of carbonyl (C=O) groups is 5. The minimum absolute atomic E-state index is 0.00594. The molecule has 5 aliphatic rings. The zero-order chi connectivity index (χ0) is 82.4. The van der Waals surface area contributed by atoms with Gasteiger partial charge in [-0.15, -0.1) is 6.58 Å². The molecule has 9 atom stereocenters. The molecule has 0 aliphatic carbocycles. The van der Waals surface area contributed by atoms with E-state index in [0.717, 1.165) is 136 Å². The van der Waals surface area contributed by atoms with E-state index in [-0.39, 0.29) is 48.2 Å². The smallest absolute Gasteiger partial charge is 0.377 e. The lowest BCUT2D eigenvalue weighted by Gasteiger charge is -2.37. The second kappa shape index (κ2) is 41.7. The molecule has 5 fully saturated rings. The van der Waals surface area contributed by atoms with Crippen molar-refractivity contribution in [1.82, 2.24) is 39.7 Å². The van der Waals surface area contributed by atoms with E-state index in [1.165, 1.54) is 39.7 Å². The van der Waals surface area contributed by atoms with Crippen LogP contribution >= 0.6 is 0 Å². The second-order valence-electron chi connectivity index (χ2n) is 29.4. The van der Waals surface area contributed by atoms with Crippen molar-refractivity contribution in [3.05, 3.63) is 176 Å². The first-order valence-electron chi connectivity index (χ1n) is 39.6. The molecule has 5 aliphatic heterocycles. The number of pyridine rings is 3. The Labute approximate surface area is 678 Å². The molecule has 612 valence electrons. The number of amides is 1. The first-order valence-corrected chi connectivity index (χ1v) is 39.6. The summed E-state index contributed by atoms with van der Waals surface area (Å²) < 4.78 is 55.1. The Morgan fingerprint density at radius 2 is 0.905 bits per heavy atom. The summed E-state index contributed by atoms with van der Waals surface area (Å²) >= 11 is 0. The molecule has 0 saturated carbocycles. The van der Waals surface area contributed by atoms with E-state index in [4.69, 9.17) is 57.6 Å². The summed E-state index contributed by atoms with van der Waals surface area (Å²) in [6.07, 6.45) is 10.5. The lowest BCUT2D eigenvalue weighted by atomic mass is 9.84. The quantitative estimate of drug-likeness (QED) is 0.0129. The van der Waals surface area contributed by atoms with Crippen LogP contribution in [-0.4, -0.2) is 237 Å². The first-order chi connectivity index (χ1) is 56.2. The lowest BCUT2D eigenvalue weighted by molar-refractivity contribution is -0.153. The number of aliphatic hydroxyl groups is 1. The van der Waals surface area contributed by atoms with Crippen LogP contribution in [0.2, 0.25) is 13.6 Å². The average molecular weight is 1590 g/mol.